The van der Waals surface area contributed by atoms with Crippen molar-refractivity contribution in [3.63, 3.8) is 0 Å². The molecule has 2 N–H and O–H groups in total. The molecule has 0 radical (unpaired) electrons. The minimum Gasteiger partial charge on any atom is -0.479 e. The lowest BCUT2D eigenvalue weighted by atomic mass is 10.1. The van der Waals surface area contributed by atoms with E-state index in [4.69, 9.17) is 4.74 Å². The summed E-state index contributed by atoms with van der Waals surface area (Å²) in [5.74, 6) is -1.01. The minimum absolute atomic E-state index is 0.0397. The highest BCUT2D eigenvalue weighted by atomic mass is 32.2. The highest BCUT2D eigenvalue weighted by molar-refractivity contribution is 8.01. The number of halogens is 3. The third-order valence-electron chi connectivity index (χ3n) is 5.04. The van der Waals surface area contributed by atoms with E-state index in [1.54, 1.807) is 0 Å². The Balaban J connectivity index is 1.66. The predicted octanol–water partition coefficient (Wildman–Crippen LogP) is 2.43. The summed E-state index contributed by atoms with van der Waals surface area (Å²) < 4.78 is 44.9. The number of ether oxygens (including phenoxy) is 1. The van der Waals surface area contributed by atoms with Crippen LogP contribution in [0.2, 0.25) is 0 Å². The topological polar surface area (TPSA) is 87.7 Å². The average molecular weight is 415 g/mol. The number of nitrogens with one attached hydrogen (secondary N) is 2. The second kappa shape index (κ2) is 6.29. The molecule has 4 rings (SSSR count). The average Bonchev–Trinajstić information content (AvgIpc) is 3.10. The van der Waals surface area contributed by atoms with Crippen molar-refractivity contribution in [3.8, 4) is 5.75 Å². The summed E-state index contributed by atoms with van der Waals surface area (Å²) in [6.07, 6.45) is -3.72. The van der Waals surface area contributed by atoms with Crippen molar-refractivity contribution in [3.05, 3.63) is 17.7 Å². The minimum atomic E-state index is -4.68. The number of thioether (sulfide) groups is 1. The van der Waals surface area contributed by atoms with Crippen LogP contribution in [-0.2, 0) is 20.6 Å². The van der Waals surface area contributed by atoms with Gasteiger partial charge in [0, 0.05) is 12.2 Å². The number of carbonyl (C=O) groups is 3. The third kappa shape index (κ3) is 3.07. The summed E-state index contributed by atoms with van der Waals surface area (Å²) in [4.78, 5) is 37.5. The zero-order chi connectivity index (χ0) is 20.3. The summed E-state index contributed by atoms with van der Waals surface area (Å²) >= 11 is 1.48. The smallest absolute Gasteiger partial charge is 0.416 e. The molecular weight excluding hydrogens is 399 g/mol. The Labute approximate surface area is 162 Å². The first kappa shape index (κ1) is 18.9. The molecule has 150 valence electrons. The standard InChI is InChI=1S/C17H16F3N3O4S/c1-16-3-2-13(25)23(16)11(7-28-16)15(26)22-10-5-8(17(18,19)20)4-9-14(10)27-6-12(24)21-9/h4-5,11H,2-3,6-7H2,1H3,(H,21,24)(H,22,26)/t11-,16+/m1/s1. The zero-order valence-corrected chi connectivity index (χ0v) is 15.5. The number of rotatable bonds is 2. The Kier molecular flexibility index (Phi) is 4.25. The van der Waals surface area contributed by atoms with Crippen molar-refractivity contribution in [2.45, 2.75) is 36.9 Å². The van der Waals surface area contributed by atoms with Crippen LogP contribution in [0.4, 0.5) is 24.5 Å². The van der Waals surface area contributed by atoms with E-state index in [0.717, 1.165) is 12.1 Å². The number of amides is 3. The number of carbonyl (C=O) groups excluding carboxylic acids is 3. The molecule has 2 fully saturated rings. The second-order valence-corrected chi connectivity index (χ2v) is 8.49. The Hall–Kier alpha value is -2.43. The van der Waals surface area contributed by atoms with Gasteiger partial charge in [0.2, 0.25) is 11.8 Å². The number of nitrogens with zero attached hydrogens (tertiary/aromatic N) is 1. The van der Waals surface area contributed by atoms with Crippen molar-refractivity contribution in [2.75, 3.05) is 23.0 Å². The van der Waals surface area contributed by atoms with E-state index in [1.807, 2.05) is 6.92 Å². The van der Waals surface area contributed by atoms with E-state index >= 15 is 0 Å². The molecule has 0 saturated carbocycles. The van der Waals surface area contributed by atoms with Gasteiger partial charge in [-0.1, -0.05) is 0 Å². The summed E-state index contributed by atoms with van der Waals surface area (Å²) in [7, 11) is 0. The van der Waals surface area contributed by atoms with Crippen LogP contribution in [0.5, 0.6) is 5.75 Å². The number of anilines is 2. The molecular formula is C17H16F3N3O4S. The first-order valence-corrected chi connectivity index (χ1v) is 9.52. The van der Waals surface area contributed by atoms with E-state index < -0.39 is 34.5 Å². The van der Waals surface area contributed by atoms with Crippen LogP contribution < -0.4 is 15.4 Å². The van der Waals surface area contributed by atoms with Gasteiger partial charge < -0.3 is 20.3 Å². The van der Waals surface area contributed by atoms with E-state index in [9.17, 15) is 27.6 Å². The van der Waals surface area contributed by atoms with E-state index in [2.05, 4.69) is 10.6 Å². The molecule has 2 saturated heterocycles. The predicted molar refractivity (Wildman–Crippen MR) is 94.9 cm³/mol. The molecule has 11 heteroatoms. The van der Waals surface area contributed by atoms with Crippen LogP contribution in [0.1, 0.15) is 25.3 Å². The number of alkyl halides is 3. The molecule has 3 aliphatic heterocycles. The number of fused-ring (bicyclic) bond motifs is 2. The molecule has 3 heterocycles. The van der Waals surface area contributed by atoms with Gasteiger partial charge in [-0.05, 0) is 25.5 Å². The van der Waals surface area contributed by atoms with Gasteiger partial charge in [-0.15, -0.1) is 11.8 Å². The SMILES string of the molecule is C[C@]12CCC(=O)N1[C@@H](C(=O)Nc1cc(C(F)(F)F)cc3c1OCC(=O)N3)CS2. The van der Waals surface area contributed by atoms with Crippen molar-refractivity contribution < 1.29 is 32.3 Å². The Morgan fingerprint density at radius 1 is 1.39 bits per heavy atom. The number of hydrogen-bond donors (Lipinski definition) is 2. The van der Waals surface area contributed by atoms with Gasteiger partial charge in [0.25, 0.3) is 5.91 Å². The monoisotopic (exact) mass is 415 g/mol. The molecule has 3 amide bonds. The van der Waals surface area contributed by atoms with Gasteiger partial charge in [0.05, 0.1) is 21.8 Å². The number of hydrogen-bond acceptors (Lipinski definition) is 5. The lowest BCUT2D eigenvalue weighted by molar-refractivity contribution is -0.137. The quantitative estimate of drug-likeness (QED) is 0.775. The first-order chi connectivity index (χ1) is 13.1. The van der Waals surface area contributed by atoms with Gasteiger partial charge in [-0.25, -0.2) is 0 Å². The molecule has 0 spiro atoms. The van der Waals surface area contributed by atoms with E-state index in [-0.39, 0.29) is 29.6 Å². The maximum atomic E-state index is 13.2. The van der Waals surface area contributed by atoms with Crippen LogP contribution >= 0.6 is 11.8 Å². The summed E-state index contributed by atoms with van der Waals surface area (Å²) in [5, 5.41) is 4.79. The Morgan fingerprint density at radius 2 is 2.14 bits per heavy atom. The second-order valence-electron chi connectivity index (χ2n) is 6.99. The third-order valence-corrected chi connectivity index (χ3v) is 6.55. The summed E-state index contributed by atoms with van der Waals surface area (Å²) in [6.45, 7) is 1.50. The lowest BCUT2D eigenvalue weighted by Crippen LogP contribution is -2.48. The van der Waals surface area contributed by atoms with Crippen molar-refractivity contribution >= 4 is 40.9 Å². The van der Waals surface area contributed by atoms with Gasteiger partial charge in [0.15, 0.2) is 12.4 Å². The molecule has 2 atom stereocenters. The normalized spacial score (nSPS) is 26.4. The highest BCUT2D eigenvalue weighted by Gasteiger charge is 2.53. The van der Waals surface area contributed by atoms with Crippen LogP contribution in [0.3, 0.4) is 0 Å². The number of benzene rings is 1. The van der Waals surface area contributed by atoms with Crippen LogP contribution in [0, 0.1) is 0 Å². The molecule has 7 nitrogen and oxygen atoms in total. The molecule has 28 heavy (non-hydrogen) atoms. The highest BCUT2D eigenvalue weighted by Crippen LogP contribution is 2.48. The Bertz CT molecular complexity index is 891. The fourth-order valence-corrected chi connectivity index (χ4v) is 5.12. The van der Waals surface area contributed by atoms with Gasteiger partial charge in [0.1, 0.15) is 6.04 Å². The fraction of sp³-hybridized carbons (Fsp3) is 0.471. The summed E-state index contributed by atoms with van der Waals surface area (Å²) in [5.41, 5.74) is -1.39. The zero-order valence-electron chi connectivity index (χ0n) is 14.7. The molecule has 0 bridgehead atoms. The molecule has 0 unspecified atom stereocenters. The van der Waals surface area contributed by atoms with Crippen LogP contribution in [-0.4, -0.2) is 45.9 Å². The molecule has 3 aliphatic rings. The van der Waals surface area contributed by atoms with Crippen molar-refractivity contribution in [1.29, 1.82) is 0 Å². The fourth-order valence-electron chi connectivity index (χ4n) is 3.69. The maximum Gasteiger partial charge on any atom is 0.416 e. The maximum absolute atomic E-state index is 13.2. The van der Waals surface area contributed by atoms with Crippen molar-refractivity contribution in [2.24, 2.45) is 0 Å². The van der Waals surface area contributed by atoms with Crippen molar-refractivity contribution in [1.82, 2.24) is 4.90 Å². The van der Waals surface area contributed by atoms with Crippen LogP contribution in [0.25, 0.3) is 0 Å². The first-order valence-electron chi connectivity index (χ1n) is 8.53. The van der Waals surface area contributed by atoms with E-state index in [0.29, 0.717) is 18.6 Å². The van der Waals surface area contributed by atoms with Crippen LogP contribution in [0.15, 0.2) is 12.1 Å². The lowest BCUT2D eigenvalue weighted by Gasteiger charge is -2.30. The molecule has 0 aromatic heterocycles. The largest absolute Gasteiger partial charge is 0.479 e. The van der Waals surface area contributed by atoms with Gasteiger partial charge in [-0.2, -0.15) is 13.2 Å². The van der Waals surface area contributed by atoms with Gasteiger partial charge >= 0.3 is 6.18 Å². The van der Waals surface area contributed by atoms with E-state index in [1.165, 1.54) is 16.7 Å². The molecule has 1 aromatic rings. The Morgan fingerprint density at radius 3 is 2.86 bits per heavy atom. The molecule has 0 aliphatic carbocycles. The molecule has 1 aromatic carbocycles. The summed E-state index contributed by atoms with van der Waals surface area (Å²) in [6, 6.07) is 0.740. The van der Waals surface area contributed by atoms with Gasteiger partial charge in [-0.3, -0.25) is 14.4 Å².